The Morgan fingerprint density at radius 2 is 1.94 bits per heavy atom. The second-order valence-electron chi connectivity index (χ2n) is 4.71. The number of halogens is 1. The van der Waals surface area contributed by atoms with Gasteiger partial charge in [-0.1, -0.05) is 12.1 Å². The molecule has 3 heteroatoms. The largest absolute Gasteiger partial charge is 0.369 e. The first-order valence-corrected chi connectivity index (χ1v) is 6.93. The van der Waals surface area contributed by atoms with Crippen molar-refractivity contribution in [3.05, 3.63) is 29.8 Å². The first-order valence-electron chi connectivity index (χ1n) is 6.39. The number of alkyl halides is 1. The maximum atomic E-state index is 5.73. The van der Waals surface area contributed by atoms with Crippen LogP contribution < -0.4 is 4.90 Å². The van der Waals surface area contributed by atoms with Crippen LogP contribution in [0.3, 0.4) is 0 Å². The van der Waals surface area contributed by atoms with E-state index in [0.29, 0.717) is 0 Å². The van der Waals surface area contributed by atoms with Crippen LogP contribution in [-0.2, 0) is 0 Å². The number of hydrogen-bond acceptors (Lipinski definition) is 2. The maximum Gasteiger partial charge on any atom is 0.0369 e. The summed E-state index contributed by atoms with van der Waals surface area (Å²) in [5.74, 6) is 0.776. The summed E-state index contributed by atoms with van der Waals surface area (Å²) in [5, 5.41) is 0. The van der Waals surface area contributed by atoms with Crippen molar-refractivity contribution in [2.45, 2.75) is 13.3 Å². The molecule has 0 radical (unpaired) electrons. The average Bonchev–Trinajstić information content (AvgIpc) is 2.37. The van der Waals surface area contributed by atoms with Crippen molar-refractivity contribution in [1.82, 2.24) is 4.90 Å². The Kier molecular flexibility index (Phi) is 4.69. The minimum atomic E-state index is 0.776. The van der Waals surface area contributed by atoms with Gasteiger partial charge in [-0.3, -0.25) is 4.90 Å². The van der Waals surface area contributed by atoms with E-state index < -0.39 is 0 Å². The van der Waals surface area contributed by atoms with Gasteiger partial charge in [-0.25, -0.2) is 0 Å². The van der Waals surface area contributed by atoms with E-state index in [1.807, 2.05) is 0 Å². The molecule has 0 bridgehead atoms. The van der Waals surface area contributed by atoms with Crippen LogP contribution >= 0.6 is 11.6 Å². The predicted molar refractivity (Wildman–Crippen MR) is 75.2 cm³/mol. The van der Waals surface area contributed by atoms with Crippen molar-refractivity contribution in [2.24, 2.45) is 0 Å². The summed E-state index contributed by atoms with van der Waals surface area (Å²) in [5.41, 5.74) is 2.70. The SMILES string of the molecule is Cc1cccc(N2CCN(CCCCl)CC2)c1. The molecule has 0 amide bonds. The minimum Gasteiger partial charge on any atom is -0.369 e. The predicted octanol–water partition coefficient (Wildman–Crippen LogP) is 2.75. The summed E-state index contributed by atoms with van der Waals surface area (Å²) in [4.78, 5) is 4.98. The van der Waals surface area contributed by atoms with E-state index in [0.717, 1.165) is 45.0 Å². The van der Waals surface area contributed by atoms with Gasteiger partial charge in [0.15, 0.2) is 0 Å². The van der Waals surface area contributed by atoms with Gasteiger partial charge in [0, 0.05) is 37.7 Å². The summed E-state index contributed by atoms with van der Waals surface area (Å²) in [6.07, 6.45) is 1.10. The Bertz CT molecular complexity index is 346. The molecule has 0 unspecified atom stereocenters. The molecule has 0 aromatic heterocycles. The lowest BCUT2D eigenvalue weighted by atomic mass is 10.2. The molecule has 0 atom stereocenters. The number of aryl methyl sites for hydroxylation is 1. The molecule has 0 N–H and O–H groups in total. The van der Waals surface area contributed by atoms with E-state index in [9.17, 15) is 0 Å². The fraction of sp³-hybridized carbons (Fsp3) is 0.571. The number of nitrogens with zero attached hydrogens (tertiary/aromatic N) is 2. The quantitative estimate of drug-likeness (QED) is 0.761. The highest BCUT2D eigenvalue weighted by molar-refractivity contribution is 6.17. The van der Waals surface area contributed by atoms with Crippen LogP contribution in [0.4, 0.5) is 5.69 Å². The number of rotatable bonds is 4. The van der Waals surface area contributed by atoms with Gasteiger partial charge in [0.1, 0.15) is 0 Å². The first kappa shape index (κ1) is 12.7. The monoisotopic (exact) mass is 252 g/mol. The van der Waals surface area contributed by atoms with Gasteiger partial charge in [0.2, 0.25) is 0 Å². The minimum absolute atomic E-state index is 0.776. The Hall–Kier alpha value is -0.730. The van der Waals surface area contributed by atoms with Crippen LogP contribution in [0.5, 0.6) is 0 Å². The van der Waals surface area contributed by atoms with Gasteiger partial charge >= 0.3 is 0 Å². The Morgan fingerprint density at radius 3 is 2.59 bits per heavy atom. The molecule has 17 heavy (non-hydrogen) atoms. The molecule has 1 heterocycles. The number of piperazine rings is 1. The molecule has 1 saturated heterocycles. The van der Waals surface area contributed by atoms with Crippen molar-refractivity contribution in [2.75, 3.05) is 43.5 Å². The van der Waals surface area contributed by atoms with Crippen molar-refractivity contribution in [3.63, 3.8) is 0 Å². The van der Waals surface area contributed by atoms with Crippen LogP contribution in [0.25, 0.3) is 0 Å². The molecular weight excluding hydrogens is 232 g/mol. The van der Waals surface area contributed by atoms with E-state index in [4.69, 9.17) is 11.6 Å². The van der Waals surface area contributed by atoms with E-state index in [-0.39, 0.29) is 0 Å². The number of anilines is 1. The van der Waals surface area contributed by atoms with Crippen LogP contribution in [0, 0.1) is 6.92 Å². The summed E-state index contributed by atoms with van der Waals surface area (Å²) < 4.78 is 0. The third-order valence-corrected chi connectivity index (χ3v) is 3.61. The van der Waals surface area contributed by atoms with Crippen molar-refractivity contribution in [3.8, 4) is 0 Å². The van der Waals surface area contributed by atoms with Crippen LogP contribution in [-0.4, -0.2) is 43.5 Å². The average molecular weight is 253 g/mol. The van der Waals surface area contributed by atoms with Crippen molar-refractivity contribution in [1.29, 1.82) is 0 Å². The van der Waals surface area contributed by atoms with Gasteiger partial charge in [-0.15, -0.1) is 11.6 Å². The third-order valence-electron chi connectivity index (χ3n) is 3.35. The fourth-order valence-corrected chi connectivity index (χ4v) is 2.46. The Morgan fingerprint density at radius 1 is 1.18 bits per heavy atom. The summed E-state index contributed by atoms with van der Waals surface area (Å²) in [7, 11) is 0. The van der Waals surface area contributed by atoms with E-state index in [1.165, 1.54) is 11.3 Å². The Balaban J connectivity index is 1.86. The van der Waals surface area contributed by atoms with Gasteiger partial charge in [0.25, 0.3) is 0 Å². The zero-order valence-corrected chi connectivity index (χ0v) is 11.3. The van der Waals surface area contributed by atoms with Crippen LogP contribution in [0.15, 0.2) is 24.3 Å². The van der Waals surface area contributed by atoms with Crippen LogP contribution in [0.2, 0.25) is 0 Å². The smallest absolute Gasteiger partial charge is 0.0369 e. The first-order chi connectivity index (χ1) is 8.29. The molecule has 2 rings (SSSR count). The fourth-order valence-electron chi connectivity index (χ4n) is 2.34. The van der Waals surface area contributed by atoms with Crippen molar-refractivity contribution >= 4 is 17.3 Å². The van der Waals surface area contributed by atoms with E-state index in [1.54, 1.807) is 0 Å². The second kappa shape index (κ2) is 6.27. The highest BCUT2D eigenvalue weighted by Gasteiger charge is 2.16. The van der Waals surface area contributed by atoms with Gasteiger partial charge in [-0.05, 0) is 37.6 Å². The zero-order valence-electron chi connectivity index (χ0n) is 10.5. The topological polar surface area (TPSA) is 6.48 Å². The van der Waals surface area contributed by atoms with E-state index in [2.05, 4.69) is 41.0 Å². The lowest BCUT2D eigenvalue weighted by molar-refractivity contribution is 0.259. The molecule has 1 aliphatic heterocycles. The summed E-state index contributed by atoms with van der Waals surface area (Å²) in [6, 6.07) is 8.78. The maximum absolute atomic E-state index is 5.73. The standard InChI is InChI=1S/C14H21ClN2/c1-13-4-2-5-14(12-13)17-10-8-16(9-11-17)7-3-6-15/h2,4-5,12H,3,6-11H2,1H3. The van der Waals surface area contributed by atoms with Crippen LogP contribution in [0.1, 0.15) is 12.0 Å². The molecule has 2 nitrogen and oxygen atoms in total. The lowest BCUT2D eigenvalue weighted by Gasteiger charge is -2.36. The number of benzene rings is 1. The second-order valence-corrected chi connectivity index (χ2v) is 5.09. The molecule has 94 valence electrons. The molecule has 0 spiro atoms. The third kappa shape index (κ3) is 3.62. The molecule has 1 aromatic carbocycles. The highest BCUT2D eigenvalue weighted by atomic mass is 35.5. The summed E-state index contributed by atoms with van der Waals surface area (Å²) in [6.45, 7) is 7.87. The molecule has 1 fully saturated rings. The number of hydrogen-bond donors (Lipinski definition) is 0. The van der Waals surface area contributed by atoms with Gasteiger partial charge in [-0.2, -0.15) is 0 Å². The highest BCUT2D eigenvalue weighted by Crippen LogP contribution is 2.17. The normalized spacial score (nSPS) is 17.4. The molecule has 1 aromatic rings. The van der Waals surface area contributed by atoms with Gasteiger partial charge < -0.3 is 4.90 Å². The molecule has 1 aliphatic rings. The molecule has 0 saturated carbocycles. The Labute approximate surface area is 109 Å². The van der Waals surface area contributed by atoms with E-state index >= 15 is 0 Å². The lowest BCUT2D eigenvalue weighted by Crippen LogP contribution is -2.46. The molecular formula is C14H21ClN2. The molecule has 0 aliphatic carbocycles. The van der Waals surface area contributed by atoms with Crippen molar-refractivity contribution < 1.29 is 0 Å². The van der Waals surface area contributed by atoms with Gasteiger partial charge in [0.05, 0.1) is 0 Å². The summed E-state index contributed by atoms with van der Waals surface area (Å²) >= 11 is 5.73. The zero-order chi connectivity index (χ0) is 12.1.